The van der Waals surface area contributed by atoms with Crippen molar-refractivity contribution in [1.29, 1.82) is 0 Å². The number of ether oxygens (including phenoxy) is 3. The van der Waals surface area contributed by atoms with Crippen LogP contribution in [0.2, 0.25) is 0 Å². The monoisotopic (exact) mass is 629 g/mol. The van der Waals surface area contributed by atoms with E-state index in [9.17, 15) is 9.59 Å². The highest BCUT2D eigenvalue weighted by Crippen LogP contribution is 2.66. The Morgan fingerprint density at radius 3 is 2.36 bits per heavy atom. The average Bonchev–Trinajstić information content (AvgIpc) is 3.38. The van der Waals surface area contributed by atoms with Crippen molar-refractivity contribution in [2.24, 2.45) is 40.4 Å². The molecule has 0 heterocycles. The van der Waals surface area contributed by atoms with Crippen molar-refractivity contribution in [1.82, 2.24) is 0 Å². The van der Waals surface area contributed by atoms with Gasteiger partial charge in [-0.05, 0) is 124 Å². The Morgan fingerprint density at radius 2 is 1.60 bits per heavy atom. The lowest BCUT2D eigenvalue weighted by Crippen LogP contribution is -2.50. The largest absolute Gasteiger partial charge is 0.463 e. The van der Waals surface area contributed by atoms with E-state index in [4.69, 9.17) is 14.2 Å². The van der Waals surface area contributed by atoms with E-state index < -0.39 is 0 Å². The summed E-state index contributed by atoms with van der Waals surface area (Å²) in [5, 5.41) is 0. The van der Waals surface area contributed by atoms with E-state index in [1.807, 2.05) is 13.8 Å². The first kappa shape index (κ1) is 36.5. The molecule has 0 aliphatic heterocycles. The fraction of sp³-hybridized carbons (Fsp3) is 0.900. The topological polar surface area (TPSA) is 61.8 Å². The molecular weight excluding hydrogens is 560 g/mol. The Bertz CT molecular complexity index is 966. The summed E-state index contributed by atoms with van der Waals surface area (Å²) in [7, 11) is 0. The lowest BCUT2D eigenvalue weighted by molar-refractivity contribution is -0.155. The van der Waals surface area contributed by atoms with Gasteiger partial charge in [-0.1, -0.05) is 78.9 Å². The zero-order chi connectivity index (χ0) is 32.5. The molecular formula is C40H68O5. The lowest BCUT2D eigenvalue weighted by atomic mass is 9.47. The van der Waals surface area contributed by atoms with E-state index in [0.29, 0.717) is 17.4 Å². The fourth-order valence-electron chi connectivity index (χ4n) is 10.4. The van der Waals surface area contributed by atoms with Gasteiger partial charge in [0, 0.05) is 0 Å². The van der Waals surface area contributed by atoms with Crippen LogP contribution in [0.1, 0.15) is 164 Å². The van der Waals surface area contributed by atoms with Crippen LogP contribution in [-0.2, 0) is 23.8 Å². The molecule has 5 rings (SSSR count). The minimum atomic E-state index is -0.338. The summed E-state index contributed by atoms with van der Waals surface area (Å²) in [5.74, 6) is 3.77. The van der Waals surface area contributed by atoms with E-state index >= 15 is 0 Å². The standard InChI is InChI=1S/C38H62O5.C2H6/c1-27(2)10-8-9-11-28-15-17-33-32-16-14-29-26-31(20-22-38(29,4)34(32)21-23-37(28,33)3)41-24-25-42-35(39)18-19-36(40)43-30-12-6-5-7-13-30;1-2/h14,27-28,30-34H,5-13,15-26H2,1-4H3;1-2H3. The van der Waals surface area contributed by atoms with Gasteiger partial charge in [-0.15, -0.1) is 0 Å². The van der Waals surface area contributed by atoms with E-state index in [-0.39, 0.29) is 43.6 Å². The van der Waals surface area contributed by atoms with Crippen molar-refractivity contribution in [3.8, 4) is 0 Å². The maximum atomic E-state index is 12.2. The molecule has 0 aromatic heterocycles. The van der Waals surface area contributed by atoms with E-state index in [1.165, 1.54) is 70.6 Å². The Balaban J connectivity index is 0.00000226. The zero-order valence-electron chi connectivity index (χ0n) is 30.0. The normalized spacial score (nSPS) is 34.5. The van der Waals surface area contributed by atoms with Gasteiger partial charge < -0.3 is 14.2 Å². The second-order valence-corrected chi connectivity index (χ2v) is 16.0. The first-order chi connectivity index (χ1) is 21.7. The third-order valence-corrected chi connectivity index (χ3v) is 12.9. The van der Waals surface area contributed by atoms with Crippen LogP contribution in [0.15, 0.2) is 11.6 Å². The van der Waals surface area contributed by atoms with Gasteiger partial charge in [-0.2, -0.15) is 0 Å². The molecule has 45 heavy (non-hydrogen) atoms. The maximum absolute atomic E-state index is 12.2. The zero-order valence-corrected chi connectivity index (χ0v) is 30.0. The minimum absolute atomic E-state index is 0.0378. The van der Waals surface area contributed by atoms with E-state index in [2.05, 4.69) is 33.8 Å². The smallest absolute Gasteiger partial charge is 0.306 e. The number of carbonyl (C=O) groups excluding carboxylic acids is 2. The predicted octanol–water partition coefficient (Wildman–Crippen LogP) is 10.4. The van der Waals surface area contributed by atoms with Gasteiger partial charge in [0.05, 0.1) is 25.6 Å². The molecule has 0 radical (unpaired) electrons. The second-order valence-electron chi connectivity index (χ2n) is 16.0. The first-order valence-electron chi connectivity index (χ1n) is 19.3. The van der Waals surface area contributed by atoms with Crippen LogP contribution >= 0.6 is 0 Å². The molecule has 0 aromatic carbocycles. The number of hydrogen-bond donors (Lipinski definition) is 0. The van der Waals surface area contributed by atoms with Gasteiger partial charge >= 0.3 is 11.9 Å². The molecule has 258 valence electrons. The maximum Gasteiger partial charge on any atom is 0.306 e. The highest BCUT2D eigenvalue weighted by Gasteiger charge is 2.58. The van der Waals surface area contributed by atoms with Gasteiger partial charge in [-0.25, -0.2) is 0 Å². The van der Waals surface area contributed by atoms with Crippen molar-refractivity contribution < 1.29 is 23.8 Å². The quantitative estimate of drug-likeness (QED) is 0.115. The van der Waals surface area contributed by atoms with Gasteiger partial charge in [0.2, 0.25) is 0 Å². The summed E-state index contributed by atoms with van der Waals surface area (Å²) in [4.78, 5) is 24.2. The molecule has 7 unspecified atom stereocenters. The third-order valence-electron chi connectivity index (χ3n) is 12.9. The van der Waals surface area contributed by atoms with Crippen LogP contribution in [-0.4, -0.2) is 37.4 Å². The van der Waals surface area contributed by atoms with Gasteiger partial charge in [0.1, 0.15) is 12.7 Å². The molecule has 0 aromatic rings. The molecule has 5 heteroatoms. The Morgan fingerprint density at radius 1 is 0.844 bits per heavy atom. The van der Waals surface area contributed by atoms with Crippen LogP contribution in [0, 0.1) is 40.4 Å². The number of esters is 2. The molecule has 0 bridgehead atoms. The summed E-state index contributed by atoms with van der Waals surface area (Å²) >= 11 is 0. The van der Waals surface area contributed by atoms with Crippen LogP contribution in [0.5, 0.6) is 0 Å². The summed E-state index contributed by atoms with van der Waals surface area (Å²) in [6, 6.07) is 0. The van der Waals surface area contributed by atoms with Crippen LogP contribution < -0.4 is 0 Å². The summed E-state index contributed by atoms with van der Waals surface area (Å²) in [6.07, 6.45) is 24.5. The number of unbranched alkanes of at least 4 members (excludes halogenated alkanes) is 1. The SMILES string of the molecule is CC.CC(C)CCCCC1CCC2C3CC=C4CC(OCCOC(=O)CCC(=O)OC5CCCCC5)CCC4(C)C3CCC12C. The van der Waals surface area contributed by atoms with Crippen molar-refractivity contribution >= 4 is 11.9 Å². The number of rotatable bonds is 13. The predicted molar refractivity (Wildman–Crippen MR) is 183 cm³/mol. The minimum Gasteiger partial charge on any atom is -0.463 e. The van der Waals surface area contributed by atoms with Crippen molar-refractivity contribution in [3.05, 3.63) is 11.6 Å². The number of allylic oxidation sites excluding steroid dienone is 1. The van der Waals surface area contributed by atoms with Crippen LogP contribution in [0.4, 0.5) is 0 Å². The Labute approximate surface area is 276 Å². The molecule has 0 saturated heterocycles. The molecule has 5 nitrogen and oxygen atoms in total. The number of carbonyl (C=O) groups is 2. The Hall–Kier alpha value is -1.36. The first-order valence-corrected chi connectivity index (χ1v) is 19.3. The highest BCUT2D eigenvalue weighted by molar-refractivity contribution is 5.77. The number of fused-ring (bicyclic) bond motifs is 5. The highest BCUT2D eigenvalue weighted by atomic mass is 16.6. The molecule has 4 fully saturated rings. The molecule has 7 atom stereocenters. The van der Waals surface area contributed by atoms with Crippen molar-refractivity contribution in [3.63, 3.8) is 0 Å². The molecule has 0 spiro atoms. The van der Waals surface area contributed by atoms with Crippen LogP contribution in [0.25, 0.3) is 0 Å². The lowest BCUT2D eigenvalue weighted by Gasteiger charge is -2.58. The van der Waals surface area contributed by atoms with Crippen molar-refractivity contribution in [2.75, 3.05) is 13.2 Å². The molecule has 0 amide bonds. The molecule has 5 aliphatic rings. The average molecular weight is 629 g/mol. The molecule has 0 N–H and O–H groups in total. The van der Waals surface area contributed by atoms with Gasteiger partial charge in [0.15, 0.2) is 0 Å². The third kappa shape index (κ3) is 9.17. The van der Waals surface area contributed by atoms with Crippen molar-refractivity contribution in [2.45, 2.75) is 176 Å². The summed E-state index contributed by atoms with van der Waals surface area (Å²) in [5.41, 5.74) is 2.54. The van der Waals surface area contributed by atoms with Gasteiger partial charge in [-0.3, -0.25) is 9.59 Å². The fourth-order valence-corrected chi connectivity index (χ4v) is 10.4. The summed E-state index contributed by atoms with van der Waals surface area (Å²) < 4.78 is 17.1. The molecule has 5 aliphatic carbocycles. The van der Waals surface area contributed by atoms with Crippen LogP contribution in [0.3, 0.4) is 0 Å². The van der Waals surface area contributed by atoms with Gasteiger partial charge in [0.25, 0.3) is 0 Å². The number of hydrogen-bond acceptors (Lipinski definition) is 5. The van der Waals surface area contributed by atoms with E-state index in [1.54, 1.807) is 5.57 Å². The van der Waals surface area contributed by atoms with E-state index in [0.717, 1.165) is 68.1 Å². The Kier molecular flexibility index (Phi) is 13.9. The molecule has 4 saturated carbocycles. The second kappa shape index (κ2) is 17.2. The summed E-state index contributed by atoms with van der Waals surface area (Å²) in [6.45, 7) is 14.7.